The van der Waals surface area contributed by atoms with Crippen LogP contribution in [0, 0.1) is 19.8 Å². The summed E-state index contributed by atoms with van der Waals surface area (Å²) < 4.78 is 28.5. The van der Waals surface area contributed by atoms with Crippen molar-refractivity contribution in [1.29, 1.82) is 0 Å². The van der Waals surface area contributed by atoms with Gasteiger partial charge in [-0.2, -0.15) is 0 Å². The zero-order chi connectivity index (χ0) is 21.1. The summed E-state index contributed by atoms with van der Waals surface area (Å²) in [7, 11) is -3.74. The van der Waals surface area contributed by atoms with Gasteiger partial charge in [-0.25, -0.2) is 13.1 Å². The number of rotatable bonds is 7. The number of hydrogen-bond donors (Lipinski definition) is 2. The molecule has 28 heavy (non-hydrogen) atoms. The van der Waals surface area contributed by atoms with Gasteiger partial charge in [0.2, 0.25) is 15.9 Å². The quantitative estimate of drug-likeness (QED) is 0.639. The molecule has 0 aliphatic heterocycles. The van der Waals surface area contributed by atoms with E-state index >= 15 is 0 Å². The Morgan fingerprint density at radius 3 is 2.25 bits per heavy atom. The van der Waals surface area contributed by atoms with Crippen molar-refractivity contribution in [1.82, 2.24) is 4.72 Å². The number of thioether (sulfide) groups is 1. The maximum atomic E-state index is 12.9. The molecule has 0 radical (unpaired) electrons. The van der Waals surface area contributed by atoms with Crippen molar-refractivity contribution in [2.24, 2.45) is 5.92 Å². The Morgan fingerprint density at radius 2 is 1.68 bits per heavy atom. The van der Waals surface area contributed by atoms with E-state index in [1.165, 1.54) is 17.8 Å². The SMILES string of the molecule is CSc1ccc(S(=O)(=O)N[C@@H](C)c2ccc(C)c(C)c2)cc1NC(=O)C(C)C. The highest BCUT2D eigenvalue weighted by atomic mass is 32.2. The lowest BCUT2D eigenvalue weighted by Crippen LogP contribution is -2.27. The van der Waals surface area contributed by atoms with E-state index in [0.717, 1.165) is 21.6 Å². The molecule has 0 saturated carbocycles. The molecule has 0 fully saturated rings. The summed E-state index contributed by atoms with van der Waals surface area (Å²) in [4.78, 5) is 13.0. The van der Waals surface area contributed by atoms with E-state index in [0.29, 0.717) is 5.69 Å². The van der Waals surface area contributed by atoms with Gasteiger partial charge in [0, 0.05) is 16.9 Å². The van der Waals surface area contributed by atoms with E-state index in [1.807, 2.05) is 45.2 Å². The highest BCUT2D eigenvalue weighted by Crippen LogP contribution is 2.29. The Bertz CT molecular complexity index is 970. The van der Waals surface area contributed by atoms with Crippen LogP contribution in [0.2, 0.25) is 0 Å². The molecule has 0 spiro atoms. The second kappa shape index (κ2) is 9.11. The lowest BCUT2D eigenvalue weighted by atomic mass is 10.0. The number of carbonyl (C=O) groups is 1. The van der Waals surface area contributed by atoms with Crippen LogP contribution in [0.4, 0.5) is 5.69 Å². The standard InChI is InChI=1S/C21H28N2O3S2/c1-13(2)21(24)22-19-12-18(9-10-20(19)27-6)28(25,26)23-16(5)17-8-7-14(3)15(4)11-17/h7-13,16,23H,1-6H3,(H,22,24)/t16-/m0/s1. The maximum absolute atomic E-state index is 12.9. The van der Waals surface area contributed by atoms with Crippen molar-refractivity contribution in [3.63, 3.8) is 0 Å². The van der Waals surface area contributed by atoms with Crippen molar-refractivity contribution < 1.29 is 13.2 Å². The normalized spacial score (nSPS) is 12.8. The molecule has 2 rings (SSSR count). The molecule has 2 N–H and O–H groups in total. The zero-order valence-electron chi connectivity index (χ0n) is 17.2. The Hall–Kier alpha value is -1.83. The fourth-order valence-corrected chi connectivity index (χ4v) is 4.42. The van der Waals surface area contributed by atoms with Crippen LogP contribution < -0.4 is 10.0 Å². The molecule has 152 valence electrons. The predicted molar refractivity (Wildman–Crippen MR) is 116 cm³/mol. The van der Waals surface area contributed by atoms with Crippen LogP contribution in [-0.4, -0.2) is 20.6 Å². The predicted octanol–water partition coefficient (Wildman–Crippen LogP) is 4.66. The third-order valence-corrected chi connectivity index (χ3v) is 6.96. The zero-order valence-corrected chi connectivity index (χ0v) is 18.8. The molecular formula is C21H28N2O3S2. The summed E-state index contributed by atoms with van der Waals surface area (Å²) in [5.74, 6) is -0.348. The molecule has 2 aromatic rings. The first-order valence-electron chi connectivity index (χ1n) is 9.13. The number of sulfonamides is 1. The summed E-state index contributed by atoms with van der Waals surface area (Å²) >= 11 is 1.45. The van der Waals surface area contributed by atoms with Crippen molar-refractivity contribution in [2.75, 3.05) is 11.6 Å². The molecule has 0 aliphatic carbocycles. The van der Waals surface area contributed by atoms with E-state index in [2.05, 4.69) is 10.0 Å². The highest BCUT2D eigenvalue weighted by Gasteiger charge is 2.21. The first-order valence-corrected chi connectivity index (χ1v) is 11.8. The molecule has 2 aromatic carbocycles. The lowest BCUT2D eigenvalue weighted by Gasteiger charge is -2.17. The molecule has 0 heterocycles. The Morgan fingerprint density at radius 1 is 1.00 bits per heavy atom. The molecule has 0 aliphatic rings. The lowest BCUT2D eigenvalue weighted by molar-refractivity contribution is -0.118. The van der Waals surface area contributed by atoms with Crippen LogP contribution >= 0.6 is 11.8 Å². The highest BCUT2D eigenvalue weighted by molar-refractivity contribution is 7.98. The number of carbonyl (C=O) groups excluding carboxylic acids is 1. The van der Waals surface area contributed by atoms with E-state index in [1.54, 1.807) is 26.0 Å². The number of anilines is 1. The molecule has 5 nitrogen and oxygen atoms in total. The monoisotopic (exact) mass is 420 g/mol. The van der Waals surface area contributed by atoms with Gasteiger partial charge in [0.05, 0.1) is 10.6 Å². The second-order valence-electron chi connectivity index (χ2n) is 7.19. The third-order valence-electron chi connectivity index (χ3n) is 4.63. The van der Waals surface area contributed by atoms with E-state index < -0.39 is 10.0 Å². The molecular weight excluding hydrogens is 392 g/mol. The summed E-state index contributed by atoms with van der Waals surface area (Å²) in [5.41, 5.74) is 3.69. The summed E-state index contributed by atoms with van der Waals surface area (Å²) in [5, 5.41) is 2.82. The maximum Gasteiger partial charge on any atom is 0.241 e. The Labute approximate surface area is 172 Å². The number of nitrogens with one attached hydrogen (secondary N) is 2. The van der Waals surface area contributed by atoms with Crippen LogP contribution in [0.1, 0.15) is 43.5 Å². The minimum Gasteiger partial charge on any atom is -0.325 e. The summed E-state index contributed by atoms with van der Waals surface area (Å²) in [6.07, 6.45) is 1.88. The second-order valence-corrected chi connectivity index (χ2v) is 9.75. The Kier molecular flexibility index (Phi) is 7.31. The van der Waals surface area contributed by atoms with Crippen LogP contribution in [0.25, 0.3) is 0 Å². The van der Waals surface area contributed by atoms with Crippen molar-refractivity contribution >= 4 is 33.4 Å². The minimum atomic E-state index is -3.74. The number of aryl methyl sites for hydroxylation is 2. The molecule has 0 aromatic heterocycles. The fourth-order valence-electron chi connectivity index (χ4n) is 2.63. The topological polar surface area (TPSA) is 75.3 Å². The van der Waals surface area contributed by atoms with Gasteiger partial charge in [0.15, 0.2) is 0 Å². The minimum absolute atomic E-state index is 0.125. The van der Waals surface area contributed by atoms with Gasteiger partial charge in [-0.15, -0.1) is 11.8 Å². The average Bonchev–Trinajstić information content (AvgIpc) is 2.63. The number of benzene rings is 2. The van der Waals surface area contributed by atoms with Gasteiger partial charge in [-0.3, -0.25) is 4.79 Å². The molecule has 0 unspecified atom stereocenters. The van der Waals surface area contributed by atoms with Crippen LogP contribution in [0.3, 0.4) is 0 Å². The van der Waals surface area contributed by atoms with Crippen molar-refractivity contribution in [3.8, 4) is 0 Å². The van der Waals surface area contributed by atoms with Gasteiger partial charge < -0.3 is 5.32 Å². The average molecular weight is 421 g/mol. The van der Waals surface area contributed by atoms with Crippen LogP contribution in [-0.2, 0) is 14.8 Å². The molecule has 0 bridgehead atoms. The van der Waals surface area contributed by atoms with Gasteiger partial charge in [-0.1, -0.05) is 32.0 Å². The number of hydrogen-bond acceptors (Lipinski definition) is 4. The summed E-state index contributed by atoms with van der Waals surface area (Å²) in [6, 6.07) is 10.3. The summed E-state index contributed by atoms with van der Waals surface area (Å²) in [6.45, 7) is 9.43. The first-order chi connectivity index (χ1) is 13.0. The van der Waals surface area contributed by atoms with E-state index in [-0.39, 0.29) is 22.8 Å². The van der Waals surface area contributed by atoms with Crippen molar-refractivity contribution in [3.05, 3.63) is 53.1 Å². The van der Waals surface area contributed by atoms with Gasteiger partial charge in [0.1, 0.15) is 0 Å². The smallest absolute Gasteiger partial charge is 0.241 e. The van der Waals surface area contributed by atoms with E-state index in [4.69, 9.17) is 0 Å². The van der Waals surface area contributed by atoms with E-state index in [9.17, 15) is 13.2 Å². The molecule has 7 heteroatoms. The van der Waals surface area contributed by atoms with Crippen molar-refractivity contribution in [2.45, 2.75) is 50.5 Å². The van der Waals surface area contributed by atoms with Gasteiger partial charge in [0.25, 0.3) is 0 Å². The Balaban J connectivity index is 2.31. The molecule has 1 amide bonds. The molecule has 1 atom stereocenters. The fraction of sp³-hybridized carbons (Fsp3) is 0.381. The third kappa shape index (κ3) is 5.37. The van der Waals surface area contributed by atoms with Gasteiger partial charge >= 0.3 is 0 Å². The molecule has 0 saturated heterocycles. The van der Waals surface area contributed by atoms with Gasteiger partial charge in [-0.05, 0) is 61.9 Å². The van der Waals surface area contributed by atoms with Crippen LogP contribution in [0.15, 0.2) is 46.2 Å². The first kappa shape index (κ1) is 22.5. The number of amides is 1. The van der Waals surface area contributed by atoms with Crippen LogP contribution in [0.5, 0.6) is 0 Å². The largest absolute Gasteiger partial charge is 0.325 e.